The van der Waals surface area contributed by atoms with Crippen molar-refractivity contribution in [1.29, 1.82) is 0 Å². The van der Waals surface area contributed by atoms with E-state index >= 15 is 0 Å². The second kappa shape index (κ2) is 6.38. The first-order valence-corrected chi connectivity index (χ1v) is 11.1. The Morgan fingerprint density at radius 1 is 1.04 bits per heavy atom. The van der Waals surface area contributed by atoms with Crippen molar-refractivity contribution in [3.05, 3.63) is 53.0 Å². The molecule has 2 aromatic rings. The second-order valence-electron chi connectivity index (χ2n) is 5.32. The first-order valence-electron chi connectivity index (χ1n) is 7.17. The van der Waals surface area contributed by atoms with Crippen LogP contribution in [0, 0.1) is 0 Å². The van der Waals surface area contributed by atoms with Gasteiger partial charge in [-0.15, -0.1) is 0 Å². The molecule has 0 aromatic heterocycles. The maximum Gasteiger partial charge on any atom is 0.263 e. The van der Waals surface area contributed by atoms with Gasteiger partial charge >= 0.3 is 0 Å². The topological polar surface area (TPSA) is 83.6 Å². The molecular formula is C15H15BrN2O4S2. The summed E-state index contributed by atoms with van der Waals surface area (Å²) < 4.78 is 53.0. The molecule has 1 aliphatic rings. The number of sulfonamides is 2. The van der Waals surface area contributed by atoms with Crippen LogP contribution in [0.2, 0.25) is 0 Å². The van der Waals surface area contributed by atoms with Gasteiger partial charge in [-0.25, -0.2) is 16.8 Å². The fourth-order valence-corrected chi connectivity index (χ4v) is 6.13. The molecule has 0 spiro atoms. The Kier molecular flexibility index (Phi) is 4.58. The maximum atomic E-state index is 12.4. The van der Waals surface area contributed by atoms with Gasteiger partial charge in [0, 0.05) is 16.7 Å². The number of rotatable bonds is 4. The van der Waals surface area contributed by atoms with Crippen LogP contribution in [-0.4, -0.2) is 29.1 Å². The molecule has 0 saturated carbocycles. The standard InChI is InChI=1S/C15H15BrN2O4S2/c16-14-4-1-2-5-15(14)24(21,22)17-12-6-8-13(9-7-12)18-10-3-11-23(18,19)20/h1-2,4-9,17H,3,10-11H2. The Bertz CT molecular complexity index is 957. The van der Waals surface area contributed by atoms with Crippen molar-refractivity contribution >= 4 is 47.4 Å². The lowest BCUT2D eigenvalue weighted by molar-refractivity contribution is 0.598. The lowest BCUT2D eigenvalue weighted by Crippen LogP contribution is -2.25. The van der Waals surface area contributed by atoms with Gasteiger partial charge < -0.3 is 0 Å². The van der Waals surface area contributed by atoms with Gasteiger partial charge in [0.1, 0.15) is 4.90 Å². The van der Waals surface area contributed by atoms with E-state index in [-0.39, 0.29) is 10.6 Å². The van der Waals surface area contributed by atoms with Crippen LogP contribution in [0.25, 0.3) is 0 Å². The van der Waals surface area contributed by atoms with E-state index in [1.165, 1.54) is 10.4 Å². The summed E-state index contributed by atoms with van der Waals surface area (Å²) in [4.78, 5) is 0.135. The Balaban J connectivity index is 1.83. The van der Waals surface area contributed by atoms with Crippen LogP contribution in [0.15, 0.2) is 57.9 Å². The lowest BCUT2D eigenvalue weighted by Gasteiger charge is -2.17. The summed E-state index contributed by atoms with van der Waals surface area (Å²) in [6, 6.07) is 12.8. The van der Waals surface area contributed by atoms with Gasteiger partial charge in [-0.1, -0.05) is 12.1 Å². The highest BCUT2D eigenvalue weighted by Crippen LogP contribution is 2.27. The van der Waals surface area contributed by atoms with Crippen molar-refractivity contribution < 1.29 is 16.8 Å². The molecule has 3 rings (SSSR count). The van der Waals surface area contributed by atoms with E-state index < -0.39 is 20.0 Å². The highest BCUT2D eigenvalue weighted by Gasteiger charge is 2.28. The molecule has 0 amide bonds. The van der Waals surface area contributed by atoms with Gasteiger partial charge in [-0.3, -0.25) is 9.03 Å². The molecule has 0 atom stereocenters. The van der Waals surface area contributed by atoms with Crippen molar-refractivity contribution in [2.24, 2.45) is 0 Å². The molecule has 9 heteroatoms. The minimum Gasteiger partial charge on any atom is -0.280 e. The number of halogens is 1. The molecule has 0 unspecified atom stereocenters. The Hall–Kier alpha value is -1.58. The van der Waals surface area contributed by atoms with Crippen LogP contribution in [0.5, 0.6) is 0 Å². The first-order chi connectivity index (χ1) is 11.3. The van der Waals surface area contributed by atoms with Crippen LogP contribution in [0.3, 0.4) is 0 Å². The van der Waals surface area contributed by atoms with Crippen molar-refractivity contribution in [2.75, 3.05) is 21.3 Å². The van der Waals surface area contributed by atoms with E-state index in [0.29, 0.717) is 28.8 Å². The number of anilines is 2. The molecule has 1 saturated heterocycles. The van der Waals surface area contributed by atoms with E-state index in [2.05, 4.69) is 20.7 Å². The Morgan fingerprint density at radius 2 is 1.71 bits per heavy atom. The van der Waals surface area contributed by atoms with Crippen LogP contribution in [0.4, 0.5) is 11.4 Å². The average Bonchev–Trinajstić information content (AvgIpc) is 2.87. The third-order valence-corrected chi connectivity index (χ3v) is 7.90. The highest BCUT2D eigenvalue weighted by molar-refractivity contribution is 9.10. The van der Waals surface area contributed by atoms with Gasteiger partial charge in [0.15, 0.2) is 0 Å². The van der Waals surface area contributed by atoms with Crippen molar-refractivity contribution in [3.63, 3.8) is 0 Å². The molecule has 24 heavy (non-hydrogen) atoms. The fraction of sp³-hybridized carbons (Fsp3) is 0.200. The molecule has 0 radical (unpaired) electrons. The van der Waals surface area contributed by atoms with Crippen LogP contribution in [0.1, 0.15) is 6.42 Å². The van der Waals surface area contributed by atoms with Crippen molar-refractivity contribution in [2.45, 2.75) is 11.3 Å². The summed E-state index contributed by atoms with van der Waals surface area (Å²) in [7, 11) is -6.98. The normalized spacial score (nSPS) is 17.0. The third kappa shape index (κ3) is 3.42. The number of hydrogen-bond donors (Lipinski definition) is 1. The zero-order valence-electron chi connectivity index (χ0n) is 12.5. The van der Waals surface area contributed by atoms with E-state index in [4.69, 9.17) is 0 Å². The first kappa shape index (κ1) is 17.2. The maximum absolute atomic E-state index is 12.4. The molecule has 2 aromatic carbocycles. The summed E-state index contributed by atoms with van der Waals surface area (Å²) >= 11 is 3.22. The van der Waals surface area contributed by atoms with Gasteiger partial charge in [-0.05, 0) is 58.7 Å². The summed E-state index contributed by atoms with van der Waals surface area (Å²) in [5.74, 6) is 0.142. The van der Waals surface area contributed by atoms with E-state index in [9.17, 15) is 16.8 Å². The molecular weight excluding hydrogens is 416 g/mol. The van der Waals surface area contributed by atoms with Crippen LogP contribution < -0.4 is 9.03 Å². The largest absolute Gasteiger partial charge is 0.280 e. The predicted octanol–water partition coefficient (Wildman–Crippen LogP) is 2.79. The molecule has 0 aliphatic carbocycles. The van der Waals surface area contributed by atoms with Crippen molar-refractivity contribution in [3.8, 4) is 0 Å². The molecule has 1 fully saturated rings. The molecule has 1 aliphatic heterocycles. The minimum atomic E-state index is -3.73. The summed E-state index contributed by atoms with van der Waals surface area (Å²) in [6.45, 7) is 0.449. The van der Waals surface area contributed by atoms with Gasteiger partial charge in [0.2, 0.25) is 10.0 Å². The second-order valence-corrected chi connectivity index (χ2v) is 9.84. The predicted molar refractivity (Wildman–Crippen MR) is 97.1 cm³/mol. The Labute approximate surface area is 149 Å². The third-order valence-electron chi connectivity index (χ3n) is 3.63. The molecule has 0 bridgehead atoms. The van der Waals surface area contributed by atoms with Gasteiger partial charge in [0.25, 0.3) is 10.0 Å². The zero-order valence-corrected chi connectivity index (χ0v) is 15.7. The van der Waals surface area contributed by atoms with Crippen LogP contribution in [-0.2, 0) is 20.0 Å². The van der Waals surface area contributed by atoms with Crippen molar-refractivity contribution in [1.82, 2.24) is 0 Å². The number of nitrogens with zero attached hydrogens (tertiary/aromatic N) is 1. The number of hydrogen-bond acceptors (Lipinski definition) is 4. The SMILES string of the molecule is O=S(=O)(Nc1ccc(N2CCCS2(=O)=O)cc1)c1ccccc1Br. The highest BCUT2D eigenvalue weighted by atomic mass is 79.9. The fourth-order valence-electron chi connectivity index (χ4n) is 2.50. The zero-order chi connectivity index (χ0) is 17.4. The minimum absolute atomic E-state index is 0.135. The summed E-state index contributed by atoms with van der Waals surface area (Å²) in [5, 5.41) is 0. The van der Waals surface area contributed by atoms with Gasteiger partial charge in [0.05, 0.1) is 11.4 Å². The average molecular weight is 431 g/mol. The van der Waals surface area contributed by atoms with E-state index in [1.54, 1.807) is 42.5 Å². The van der Waals surface area contributed by atoms with E-state index in [0.717, 1.165) is 0 Å². The molecule has 1 heterocycles. The number of benzene rings is 2. The monoisotopic (exact) mass is 430 g/mol. The van der Waals surface area contributed by atoms with Gasteiger partial charge in [-0.2, -0.15) is 0 Å². The van der Waals surface area contributed by atoms with E-state index in [1.807, 2.05) is 0 Å². The molecule has 1 N–H and O–H groups in total. The molecule has 128 valence electrons. The lowest BCUT2D eigenvalue weighted by atomic mass is 10.3. The summed E-state index contributed by atoms with van der Waals surface area (Å²) in [6.07, 6.45) is 0.596. The quantitative estimate of drug-likeness (QED) is 0.807. The molecule has 6 nitrogen and oxygen atoms in total. The summed E-state index contributed by atoms with van der Waals surface area (Å²) in [5.41, 5.74) is 0.905. The van der Waals surface area contributed by atoms with Crippen LogP contribution >= 0.6 is 15.9 Å². The number of nitrogens with one attached hydrogen (secondary N) is 1. The Morgan fingerprint density at radius 3 is 2.29 bits per heavy atom. The smallest absolute Gasteiger partial charge is 0.263 e.